The molecule has 0 spiro atoms. The summed E-state index contributed by atoms with van der Waals surface area (Å²) in [4.78, 5) is 2.85. The summed E-state index contributed by atoms with van der Waals surface area (Å²) in [7, 11) is 0. The maximum atomic E-state index is 3.59. The molecule has 2 nitrogen and oxygen atoms in total. The van der Waals surface area contributed by atoms with Gasteiger partial charge in [-0.1, -0.05) is 33.1 Å². The second-order valence-electron chi connectivity index (χ2n) is 5.54. The molecule has 0 aliphatic carbocycles. The maximum Gasteiger partial charge on any atom is 0.0263 e. The van der Waals surface area contributed by atoms with Crippen molar-refractivity contribution in [2.24, 2.45) is 5.92 Å². The van der Waals surface area contributed by atoms with Crippen molar-refractivity contribution in [1.29, 1.82) is 0 Å². The van der Waals surface area contributed by atoms with Gasteiger partial charge in [-0.25, -0.2) is 0 Å². The molecule has 2 rings (SSSR count). The van der Waals surface area contributed by atoms with Crippen LogP contribution in [-0.2, 0) is 0 Å². The summed E-state index contributed by atoms with van der Waals surface area (Å²) < 4.78 is 0. The summed E-state index contributed by atoms with van der Waals surface area (Å²) in [5, 5.41) is 3.59. The molecule has 94 valence electrons. The molecule has 0 amide bonds. The van der Waals surface area contributed by atoms with Crippen molar-refractivity contribution in [1.82, 2.24) is 10.2 Å². The molecule has 2 aliphatic heterocycles. The molecule has 16 heavy (non-hydrogen) atoms. The topological polar surface area (TPSA) is 15.3 Å². The first-order chi connectivity index (χ1) is 7.86. The molecule has 3 unspecified atom stereocenters. The van der Waals surface area contributed by atoms with E-state index in [9.17, 15) is 0 Å². The lowest BCUT2D eigenvalue weighted by Crippen LogP contribution is -2.46. The Morgan fingerprint density at radius 1 is 1.06 bits per heavy atom. The van der Waals surface area contributed by atoms with Crippen molar-refractivity contribution >= 4 is 0 Å². The second kappa shape index (κ2) is 6.02. The Morgan fingerprint density at radius 2 is 1.94 bits per heavy atom. The lowest BCUT2D eigenvalue weighted by atomic mass is 9.96. The average molecular weight is 224 g/mol. The van der Waals surface area contributed by atoms with Crippen LogP contribution in [0.5, 0.6) is 0 Å². The van der Waals surface area contributed by atoms with E-state index in [0.717, 1.165) is 18.0 Å². The van der Waals surface area contributed by atoms with Gasteiger partial charge in [-0.05, 0) is 38.3 Å². The quantitative estimate of drug-likeness (QED) is 0.793. The number of nitrogens with zero attached hydrogens (tertiary/aromatic N) is 1. The first-order valence-corrected chi connectivity index (χ1v) is 7.33. The van der Waals surface area contributed by atoms with Gasteiger partial charge in [0.25, 0.3) is 0 Å². The fraction of sp³-hybridized carbons (Fsp3) is 1.00. The van der Waals surface area contributed by atoms with E-state index in [2.05, 4.69) is 24.1 Å². The summed E-state index contributed by atoms with van der Waals surface area (Å²) in [6, 6.07) is 1.69. The van der Waals surface area contributed by atoms with Crippen molar-refractivity contribution in [3.8, 4) is 0 Å². The number of hydrogen-bond acceptors (Lipinski definition) is 2. The first kappa shape index (κ1) is 12.4. The van der Waals surface area contributed by atoms with Crippen LogP contribution in [0.15, 0.2) is 0 Å². The fourth-order valence-electron chi connectivity index (χ4n) is 3.60. The molecule has 3 atom stereocenters. The molecular weight excluding hydrogens is 196 g/mol. The van der Waals surface area contributed by atoms with E-state index < -0.39 is 0 Å². The van der Waals surface area contributed by atoms with Gasteiger partial charge in [0.05, 0.1) is 0 Å². The molecule has 1 N–H and O–H groups in total. The van der Waals surface area contributed by atoms with Gasteiger partial charge in [0.1, 0.15) is 0 Å². The molecule has 2 heteroatoms. The van der Waals surface area contributed by atoms with Crippen molar-refractivity contribution in [2.45, 2.75) is 64.5 Å². The minimum absolute atomic E-state index is 0.827. The highest BCUT2D eigenvalue weighted by Crippen LogP contribution is 2.27. The molecule has 0 radical (unpaired) electrons. The molecule has 2 fully saturated rings. The molecule has 0 aromatic heterocycles. The van der Waals surface area contributed by atoms with Crippen molar-refractivity contribution in [3.63, 3.8) is 0 Å². The molecule has 0 aromatic carbocycles. The van der Waals surface area contributed by atoms with Gasteiger partial charge >= 0.3 is 0 Å². The van der Waals surface area contributed by atoms with E-state index >= 15 is 0 Å². The predicted octanol–water partition coefficient (Wildman–Crippen LogP) is 2.64. The standard InChI is InChI=1S/C14H28N2/c1-3-12-10-15-11-14(12)16-9-7-5-6-8-13(16)4-2/h12-15H,3-11H2,1-2H3. The summed E-state index contributed by atoms with van der Waals surface area (Å²) in [5.41, 5.74) is 0. The summed E-state index contributed by atoms with van der Waals surface area (Å²) in [6.45, 7) is 8.54. The van der Waals surface area contributed by atoms with E-state index in [1.807, 2.05) is 0 Å². The Hall–Kier alpha value is -0.0800. The van der Waals surface area contributed by atoms with Crippen molar-refractivity contribution < 1.29 is 0 Å². The summed E-state index contributed by atoms with van der Waals surface area (Å²) in [6.07, 6.45) is 8.43. The second-order valence-corrected chi connectivity index (χ2v) is 5.54. The van der Waals surface area contributed by atoms with Crippen LogP contribution < -0.4 is 5.32 Å². The van der Waals surface area contributed by atoms with E-state index in [1.165, 1.54) is 58.2 Å². The molecule has 0 bridgehead atoms. The number of rotatable bonds is 3. The van der Waals surface area contributed by atoms with Crippen LogP contribution in [0, 0.1) is 5.92 Å². The van der Waals surface area contributed by atoms with Gasteiger partial charge < -0.3 is 5.32 Å². The van der Waals surface area contributed by atoms with Gasteiger partial charge in [0.2, 0.25) is 0 Å². The molecule has 0 saturated carbocycles. The van der Waals surface area contributed by atoms with E-state index in [-0.39, 0.29) is 0 Å². The number of likely N-dealkylation sites (tertiary alicyclic amines) is 1. The SMILES string of the molecule is CCC1CNCC1N1CCCCCC1CC. The smallest absolute Gasteiger partial charge is 0.0263 e. The third-order valence-corrected chi connectivity index (χ3v) is 4.65. The van der Waals surface area contributed by atoms with Gasteiger partial charge in [0, 0.05) is 18.6 Å². The zero-order chi connectivity index (χ0) is 11.4. The predicted molar refractivity (Wildman–Crippen MR) is 69.7 cm³/mol. The minimum Gasteiger partial charge on any atom is -0.315 e. The highest BCUT2D eigenvalue weighted by molar-refractivity contribution is 4.91. The Kier molecular flexibility index (Phi) is 4.66. The van der Waals surface area contributed by atoms with Crippen LogP contribution in [0.1, 0.15) is 52.4 Å². The van der Waals surface area contributed by atoms with E-state index in [0.29, 0.717) is 0 Å². The summed E-state index contributed by atoms with van der Waals surface area (Å²) >= 11 is 0. The van der Waals surface area contributed by atoms with Crippen molar-refractivity contribution in [2.75, 3.05) is 19.6 Å². The summed E-state index contributed by atoms with van der Waals surface area (Å²) in [5.74, 6) is 0.896. The molecule has 2 heterocycles. The lowest BCUT2D eigenvalue weighted by molar-refractivity contribution is 0.113. The number of nitrogens with one attached hydrogen (secondary N) is 1. The Bertz CT molecular complexity index is 205. The van der Waals surface area contributed by atoms with E-state index in [1.54, 1.807) is 0 Å². The van der Waals surface area contributed by atoms with Gasteiger partial charge in [-0.2, -0.15) is 0 Å². The van der Waals surface area contributed by atoms with Gasteiger partial charge in [-0.3, -0.25) is 4.90 Å². The fourth-order valence-corrected chi connectivity index (χ4v) is 3.60. The largest absolute Gasteiger partial charge is 0.315 e. The van der Waals surface area contributed by atoms with Crippen LogP contribution in [0.2, 0.25) is 0 Å². The van der Waals surface area contributed by atoms with Gasteiger partial charge in [0.15, 0.2) is 0 Å². The van der Waals surface area contributed by atoms with Crippen LogP contribution in [0.25, 0.3) is 0 Å². The maximum absolute atomic E-state index is 3.59. The zero-order valence-corrected chi connectivity index (χ0v) is 11.0. The molecule has 0 aromatic rings. The highest BCUT2D eigenvalue weighted by Gasteiger charge is 2.34. The first-order valence-electron chi connectivity index (χ1n) is 7.33. The molecular formula is C14H28N2. The lowest BCUT2D eigenvalue weighted by Gasteiger charge is -2.37. The molecule has 2 aliphatic rings. The number of hydrogen-bond donors (Lipinski definition) is 1. The van der Waals surface area contributed by atoms with Crippen LogP contribution in [0.3, 0.4) is 0 Å². The zero-order valence-electron chi connectivity index (χ0n) is 11.0. The minimum atomic E-state index is 0.827. The highest BCUT2D eigenvalue weighted by atomic mass is 15.2. The average Bonchev–Trinajstić information content (AvgIpc) is 2.66. The monoisotopic (exact) mass is 224 g/mol. The normalized spacial score (nSPS) is 37.5. The Morgan fingerprint density at radius 3 is 2.69 bits per heavy atom. The van der Waals surface area contributed by atoms with Gasteiger partial charge in [-0.15, -0.1) is 0 Å². The van der Waals surface area contributed by atoms with Crippen LogP contribution in [0.4, 0.5) is 0 Å². The van der Waals surface area contributed by atoms with Crippen LogP contribution >= 0.6 is 0 Å². The Balaban J connectivity index is 2.03. The third kappa shape index (κ3) is 2.60. The Labute approximate surface area is 101 Å². The third-order valence-electron chi connectivity index (χ3n) is 4.65. The van der Waals surface area contributed by atoms with E-state index in [4.69, 9.17) is 0 Å². The van der Waals surface area contributed by atoms with Crippen molar-refractivity contribution in [3.05, 3.63) is 0 Å². The molecule has 2 saturated heterocycles. The van der Waals surface area contributed by atoms with Crippen LogP contribution in [-0.4, -0.2) is 36.6 Å².